The summed E-state index contributed by atoms with van der Waals surface area (Å²) >= 11 is 0. The fraction of sp³-hybridized carbons (Fsp3) is 0.393. The molecular formula is C28H28F3N5O. The smallest absolute Gasteiger partial charge is 0.315 e. The predicted molar refractivity (Wildman–Crippen MR) is 133 cm³/mol. The van der Waals surface area contributed by atoms with E-state index in [9.17, 15) is 23.2 Å². The number of hydrogen-bond donors (Lipinski definition) is 0. The number of amides is 1. The number of benzene rings is 2. The molecule has 0 unspecified atom stereocenters. The van der Waals surface area contributed by atoms with Crippen LogP contribution in [0.1, 0.15) is 42.5 Å². The van der Waals surface area contributed by atoms with Gasteiger partial charge in [0.15, 0.2) is 0 Å². The molecule has 0 fully saturated rings. The van der Waals surface area contributed by atoms with Crippen LogP contribution in [0.2, 0.25) is 0 Å². The van der Waals surface area contributed by atoms with Crippen LogP contribution in [0.25, 0.3) is 0 Å². The van der Waals surface area contributed by atoms with Gasteiger partial charge in [-0.25, -0.2) is 0 Å². The van der Waals surface area contributed by atoms with Crippen LogP contribution < -0.4 is 0 Å². The summed E-state index contributed by atoms with van der Waals surface area (Å²) in [4.78, 5) is 24.5. The number of aliphatic imine (C=N–C) groups is 1. The molecule has 9 heteroatoms. The molecule has 2 aromatic rings. The first kappa shape index (κ1) is 25.0. The van der Waals surface area contributed by atoms with Crippen LogP contribution in [0.3, 0.4) is 0 Å². The van der Waals surface area contributed by atoms with Gasteiger partial charge < -0.3 is 4.90 Å². The molecule has 0 N–H and O–H groups in total. The van der Waals surface area contributed by atoms with Gasteiger partial charge in [0.05, 0.1) is 29.3 Å². The predicted octanol–water partition coefficient (Wildman–Crippen LogP) is 4.78. The van der Waals surface area contributed by atoms with Crippen molar-refractivity contribution >= 4 is 11.9 Å². The van der Waals surface area contributed by atoms with Crippen molar-refractivity contribution in [1.82, 2.24) is 14.7 Å². The fourth-order valence-corrected chi connectivity index (χ4v) is 5.17. The van der Waals surface area contributed by atoms with E-state index in [1.54, 1.807) is 11.0 Å². The summed E-state index contributed by atoms with van der Waals surface area (Å²) in [6.07, 6.45) is -3.71. The maximum atomic E-state index is 13.8. The third kappa shape index (κ3) is 5.12. The number of fused-ring (bicyclic) bond motifs is 2. The normalized spacial score (nSPS) is 19.8. The van der Waals surface area contributed by atoms with Gasteiger partial charge in [-0.1, -0.05) is 38.1 Å². The largest absolute Gasteiger partial charge is 0.416 e. The van der Waals surface area contributed by atoms with Crippen molar-refractivity contribution in [2.24, 2.45) is 10.4 Å². The Bertz CT molecular complexity index is 1320. The fourth-order valence-electron chi connectivity index (χ4n) is 5.17. The Labute approximate surface area is 214 Å². The molecule has 1 amide bonds. The van der Waals surface area contributed by atoms with Crippen LogP contribution in [-0.4, -0.2) is 52.7 Å². The van der Waals surface area contributed by atoms with Gasteiger partial charge in [0.1, 0.15) is 0 Å². The lowest BCUT2D eigenvalue weighted by molar-refractivity contribution is -0.137. The van der Waals surface area contributed by atoms with Gasteiger partial charge in [0.25, 0.3) is 5.91 Å². The molecule has 0 radical (unpaired) electrons. The number of alkyl halides is 3. The SMILES string of the molecule is CC1(C)CN=C2N(Cc3ccc(C(F)(F)F)cc3)C(=O)C3=C(CCN(Cc4cccc(C#N)c4)C3)N2C1. The van der Waals surface area contributed by atoms with E-state index < -0.39 is 11.7 Å². The number of nitriles is 1. The lowest BCUT2D eigenvalue weighted by atomic mass is 9.89. The molecule has 0 spiro atoms. The van der Waals surface area contributed by atoms with Crippen LogP contribution in [0.4, 0.5) is 13.2 Å². The molecule has 0 atom stereocenters. The molecule has 0 bridgehead atoms. The first-order valence-electron chi connectivity index (χ1n) is 12.3. The maximum absolute atomic E-state index is 13.8. The Kier molecular flexibility index (Phi) is 6.32. The van der Waals surface area contributed by atoms with Gasteiger partial charge in [-0.15, -0.1) is 0 Å². The van der Waals surface area contributed by atoms with Gasteiger partial charge >= 0.3 is 6.18 Å². The van der Waals surface area contributed by atoms with Crippen molar-refractivity contribution in [1.29, 1.82) is 5.26 Å². The highest BCUT2D eigenvalue weighted by atomic mass is 19.4. The number of hydrogen-bond acceptors (Lipinski definition) is 5. The summed E-state index contributed by atoms with van der Waals surface area (Å²) in [7, 11) is 0. The summed E-state index contributed by atoms with van der Waals surface area (Å²) in [5.41, 5.74) is 3.12. The summed E-state index contributed by atoms with van der Waals surface area (Å²) < 4.78 is 39.1. The summed E-state index contributed by atoms with van der Waals surface area (Å²) in [5, 5.41) is 9.22. The third-order valence-corrected chi connectivity index (χ3v) is 7.03. The average Bonchev–Trinajstić information content (AvgIpc) is 2.86. The quantitative estimate of drug-likeness (QED) is 0.598. The summed E-state index contributed by atoms with van der Waals surface area (Å²) in [5.74, 6) is 0.429. The number of guanidine groups is 1. The molecule has 0 aromatic heterocycles. The van der Waals surface area contributed by atoms with Crippen molar-refractivity contribution in [3.63, 3.8) is 0 Å². The molecule has 3 heterocycles. The van der Waals surface area contributed by atoms with E-state index >= 15 is 0 Å². The van der Waals surface area contributed by atoms with Crippen LogP contribution in [0.15, 0.2) is 64.8 Å². The second kappa shape index (κ2) is 9.34. The Hall–Kier alpha value is -3.64. The number of carbonyl (C=O) groups excluding carboxylic acids is 1. The van der Waals surface area contributed by atoms with Crippen LogP contribution in [0, 0.1) is 16.7 Å². The lowest BCUT2D eigenvalue weighted by Crippen LogP contribution is -2.59. The molecule has 2 aromatic carbocycles. The van der Waals surface area contributed by atoms with Crippen molar-refractivity contribution < 1.29 is 18.0 Å². The van der Waals surface area contributed by atoms with Gasteiger partial charge in [-0.05, 0) is 35.4 Å². The molecule has 3 aliphatic rings. The number of rotatable bonds is 4. The zero-order valence-electron chi connectivity index (χ0n) is 20.8. The topological polar surface area (TPSA) is 62.9 Å². The highest BCUT2D eigenvalue weighted by molar-refractivity contribution is 6.09. The van der Waals surface area contributed by atoms with Crippen LogP contribution >= 0.6 is 0 Å². The average molecular weight is 508 g/mol. The molecule has 0 aliphatic carbocycles. The monoisotopic (exact) mass is 507 g/mol. The van der Waals surface area contributed by atoms with Crippen molar-refractivity contribution in [2.45, 2.75) is 39.5 Å². The Balaban J connectivity index is 1.43. The van der Waals surface area contributed by atoms with Gasteiger partial charge in [0, 0.05) is 50.3 Å². The third-order valence-electron chi connectivity index (χ3n) is 7.03. The minimum Gasteiger partial charge on any atom is -0.315 e. The second-order valence-electron chi connectivity index (χ2n) is 10.7. The lowest BCUT2D eigenvalue weighted by Gasteiger charge is -2.48. The minimum absolute atomic E-state index is 0.0725. The van der Waals surface area contributed by atoms with E-state index in [-0.39, 0.29) is 17.9 Å². The molecular weight excluding hydrogens is 479 g/mol. The van der Waals surface area contributed by atoms with E-state index in [0.29, 0.717) is 55.3 Å². The van der Waals surface area contributed by atoms with Crippen LogP contribution in [0.5, 0.6) is 0 Å². The molecule has 192 valence electrons. The summed E-state index contributed by atoms with van der Waals surface area (Å²) in [6, 6.07) is 14.6. The molecule has 0 saturated carbocycles. The van der Waals surface area contributed by atoms with Crippen LogP contribution in [-0.2, 0) is 24.1 Å². The molecule has 5 rings (SSSR count). The van der Waals surface area contributed by atoms with Gasteiger partial charge in [-0.2, -0.15) is 18.4 Å². The number of carbonyl (C=O) groups is 1. The summed E-state index contributed by atoms with van der Waals surface area (Å²) in [6.45, 7) is 7.55. The standard InChI is InChI=1S/C28H28F3N5O/c1-27(2)17-33-26-35(15-19-6-8-22(9-7-19)28(29,30)31)25(37)23-16-34(11-10-24(23)36(26)18-27)14-21-5-3-4-20(12-21)13-32/h3-9,12H,10-11,14-18H2,1-2H3. The minimum atomic E-state index is -4.41. The zero-order valence-corrected chi connectivity index (χ0v) is 20.8. The van der Waals surface area contributed by atoms with E-state index in [1.165, 1.54) is 12.1 Å². The van der Waals surface area contributed by atoms with Gasteiger partial charge in [0.2, 0.25) is 5.96 Å². The zero-order chi connectivity index (χ0) is 26.4. The first-order chi connectivity index (χ1) is 17.5. The van der Waals surface area contributed by atoms with Crippen molar-refractivity contribution in [2.75, 3.05) is 26.2 Å². The highest BCUT2D eigenvalue weighted by Crippen LogP contribution is 2.36. The second-order valence-corrected chi connectivity index (χ2v) is 10.7. The van der Waals surface area contributed by atoms with E-state index in [4.69, 9.17) is 4.99 Å². The number of nitrogens with zero attached hydrogens (tertiary/aromatic N) is 5. The van der Waals surface area contributed by atoms with Crippen molar-refractivity contribution in [3.8, 4) is 6.07 Å². The Morgan fingerprint density at radius 3 is 2.54 bits per heavy atom. The Morgan fingerprint density at radius 1 is 1.08 bits per heavy atom. The van der Waals surface area contributed by atoms with E-state index in [1.807, 2.05) is 18.2 Å². The van der Waals surface area contributed by atoms with Gasteiger partial charge in [-0.3, -0.25) is 19.6 Å². The Morgan fingerprint density at radius 2 is 1.84 bits per heavy atom. The molecule has 37 heavy (non-hydrogen) atoms. The first-order valence-corrected chi connectivity index (χ1v) is 12.3. The van der Waals surface area contributed by atoms with E-state index in [0.717, 1.165) is 29.9 Å². The van der Waals surface area contributed by atoms with E-state index in [2.05, 4.69) is 29.7 Å². The maximum Gasteiger partial charge on any atom is 0.416 e. The number of halogens is 3. The van der Waals surface area contributed by atoms with Crippen molar-refractivity contribution in [3.05, 3.63) is 82.1 Å². The molecule has 0 saturated heterocycles. The highest BCUT2D eigenvalue weighted by Gasteiger charge is 2.43. The molecule has 6 nitrogen and oxygen atoms in total. The molecule has 3 aliphatic heterocycles.